The smallest absolute Gasteiger partial charge is 0.341 e. The summed E-state index contributed by atoms with van der Waals surface area (Å²) in [5.74, 6) is -0.505. The number of carbonyl (C=O) groups is 1. The zero-order valence-corrected chi connectivity index (χ0v) is 9.84. The van der Waals surface area contributed by atoms with Gasteiger partial charge in [-0.3, -0.25) is 0 Å². The number of aromatic nitrogens is 1. The number of esters is 1. The molecule has 0 aliphatic rings. The molecular formula is C11H7Cl2NO2. The molecule has 16 heavy (non-hydrogen) atoms. The summed E-state index contributed by atoms with van der Waals surface area (Å²) >= 11 is 11.7. The van der Waals surface area contributed by atoms with Crippen molar-refractivity contribution in [3.05, 3.63) is 40.0 Å². The first kappa shape index (κ1) is 11.2. The Morgan fingerprint density at radius 2 is 2.06 bits per heavy atom. The lowest BCUT2D eigenvalue weighted by atomic mass is 10.1. The summed E-state index contributed by atoms with van der Waals surface area (Å²) in [6, 6.07) is 6.81. The summed E-state index contributed by atoms with van der Waals surface area (Å²) in [5, 5.41) is 1.47. The molecule has 2 aromatic rings. The van der Waals surface area contributed by atoms with Crippen molar-refractivity contribution in [1.29, 1.82) is 0 Å². The van der Waals surface area contributed by atoms with E-state index >= 15 is 0 Å². The first-order valence-electron chi connectivity index (χ1n) is 4.46. The second-order valence-corrected chi connectivity index (χ2v) is 3.95. The molecule has 0 N–H and O–H groups in total. The van der Waals surface area contributed by atoms with Gasteiger partial charge in [0.2, 0.25) is 0 Å². The van der Waals surface area contributed by atoms with Crippen molar-refractivity contribution in [1.82, 2.24) is 4.98 Å². The zero-order valence-electron chi connectivity index (χ0n) is 8.33. The maximum absolute atomic E-state index is 11.4. The number of hydrogen-bond donors (Lipinski definition) is 0. The number of hydrogen-bond acceptors (Lipinski definition) is 3. The summed E-state index contributed by atoms with van der Waals surface area (Å²) in [6.45, 7) is 0. The number of benzene rings is 1. The number of carbonyl (C=O) groups excluding carboxylic acids is 1. The molecule has 0 amide bonds. The third kappa shape index (κ3) is 1.96. The first-order chi connectivity index (χ1) is 7.61. The maximum atomic E-state index is 11.4. The third-order valence-electron chi connectivity index (χ3n) is 2.14. The van der Waals surface area contributed by atoms with Crippen LogP contribution in [0.1, 0.15) is 10.4 Å². The van der Waals surface area contributed by atoms with Gasteiger partial charge in [0.1, 0.15) is 5.15 Å². The Bertz CT molecular complexity index is 569. The highest BCUT2D eigenvalue weighted by Gasteiger charge is 2.13. The number of ether oxygens (including phenoxy) is 1. The molecule has 0 fully saturated rings. The van der Waals surface area contributed by atoms with Crippen LogP contribution in [0.3, 0.4) is 0 Å². The molecule has 3 nitrogen and oxygen atoms in total. The summed E-state index contributed by atoms with van der Waals surface area (Å²) in [5.41, 5.74) is 0.893. The lowest BCUT2D eigenvalue weighted by molar-refractivity contribution is 0.0600. The van der Waals surface area contributed by atoms with Gasteiger partial charge in [0.15, 0.2) is 0 Å². The first-order valence-corrected chi connectivity index (χ1v) is 5.21. The molecule has 1 aromatic carbocycles. The molecule has 0 atom stereocenters. The molecular weight excluding hydrogens is 249 g/mol. The number of nitrogens with zero attached hydrogens (tertiary/aromatic N) is 1. The van der Waals surface area contributed by atoms with E-state index in [1.807, 2.05) is 0 Å². The summed E-state index contributed by atoms with van der Waals surface area (Å²) in [7, 11) is 1.30. The SMILES string of the molecule is COC(=O)c1cc2ccc(Cl)cc2nc1Cl. The van der Waals surface area contributed by atoms with E-state index in [1.165, 1.54) is 7.11 Å². The number of pyridine rings is 1. The van der Waals surface area contributed by atoms with E-state index in [0.717, 1.165) is 5.39 Å². The van der Waals surface area contributed by atoms with E-state index in [1.54, 1.807) is 24.3 Å². The van der Waals surface area contributed by atoms with Crippen molar-refractivity contribution < 1.29 is 9.53 Å². The molecule has 2 rings (SSSR count). The van der Waals surface area contributed by atoms with Crippen LogP contribution in [0, 0.1) is 0 Å². The second-order valence-electron chi connectivity index (χ2n) is 3.16. The van der Waals surface area contributed by atoms with Crippen LogP contribution in [0.2, 0.25) is 10.2 Å². The van der Waals surface area contributed by atoms with E-state index < -0.39 is 5.97 Å². The molecule has 5 heteroatoms. The number of rotatable bonds is 1. The van der Waals surface area contributed by atoms with E-state index in [0.29, 0.717) is 10.5 Å². The van der Waals surface area contributed by atoms with Crippen LogP contribution in [0.15, 0.2) is 24.3 Å². The van der Waals surface area contributed by atoms with Gasteiger partial charge in [0, 0.05) is 10.4 Å². The normalized spacial score (nSPS) is 10.4. The summed E-state index contributed by atoms with van der Waals surface area (Å²) in [4.78, 5) is 15.5. The van der Waals surface area contributed by atoms with E-state index in [2.05, 4.69) is 9.72 Å². The van der Waals surface area contributed by atoms with E-state index in [9.17, 15) is 4.79 Å². The predicted molar refractivity (Wildman–Crippen MR) is 63.1 cm³/mol. The van der Waals surface area contributed by atoms with Crippen LogP contribution < -0.4 is 0 Å². The molecule has 0 aliphatic carbocycles. The highest BCUT2D eigenvalue weighted by Crippen LogP contribution is 2.23. The predicted octanol–water partition coefficient (Wildman–Crippen LogP) is 3.33. The van der Waals surface area contributed by atoms with Crippen molar-refractivity contribution in [3.8, 4) is 0 Å². The monoisotopic (exact) mass is 255 g/mol. The van der Waals surface area contributed by atoms with E-state index in [4.69, 9.17) is 23.2 Å². The Kier molecular flexibility index (Phi) is 2.99. The molecule has 0 bridgehead atoms. The second kappa shape index (κ2) is 4.28. The van der Waals surface area contributed by atoms with Gasteiger partial charge in [-0.25, -0.2) is 9.78 Å². The highest BCUT2D eigenvalue weighted by molar-refractivity contribution is 6.33. The number of methoxy groups -OCH3 is 1. The third-order valence-corrected chi connectivity index (χ3v) is 2.66. The summed E-state index contributed by atoms with van der Waals surface area (Å²) < 4.78 is 4.60. The van der Waals surface area contributed by atoms with Gasteiger partial charge >= 0.3 is 5.97 Å². The number of halogens is 2. The zero-order chi connectivity index (χ0) is 11.7. The van der Waals surface area contributed by atoms with Gasteiger partial charge in [0.05, 0.1) is 18.2 Å². The average molecular weight is 256 g/mol. The van der Waals surface area contributed by atoms with Crippen LogP contribution >= 0.6 is 23.2 Å². The Morgan fingerprint density at radius 3 is 2.75 bits per heavy atom. The number of fused-ring (bicyclic) bond motifs is 1. The minimum atomic E-state index is -0.505. The molecule has 0 radical (unpaired) electrons. The van der Waals surface area contributed by atoms with Crippen molar-refractivity contribution in [3.63, 3.8) is 0 Å². The lowest BCUT2D eigenvalue weighted by Gasteiger charge is -2.04. The fraction of sp³-hybridized carbons (Fsp3) is 0.0909. The molecule has 1 heterocycles. The van der Waals surface area contributed by atoms with Gasteiger partial charge < -0.3 is 4.74 Å². The molecule has 82 valence electrons. The fourth-order valence-corrected chi connectivity index (χ4v) is 1.76. The van der Waals surface area contributed by atoms with Crippen LogP contribution in [0.5, 0.6) is 0 Å². The van der Waals surface area contributed by atoms with Crippen LogP contribution in [-0.2, 0) is 4.74 Å². The Balaban J connectivity index is 2.67. The van der Waals surface area contributed by atoms with Crippen LogP contribution in [0.25, 0.3) is 10.9 Å². The van der Waals surface area contributed by atoms with Gasteiger partial charge in [-0.15, -0.1) is 0 Å². The Hall–Kier alpha value is -1.32. The quantitative estimate of drug-likeness (QED) is 0.580. The van der Waals surface area contributed by atoms with Crippen LogP contribution in [-0.4, -0.2) is 18.1 Å². The lowest BCUT2D eigenvalue weighted by Crippen LogP contribution is -2.03. The molecule has 0 aliphatic heterocycles. The van der Waals surface area contributed by atoms with Crippen LogP contribution in [0.4, 0.5) is 0 Å². The minimum absolute atomic E-state index is 0.113. The molecule has 0 saturated heterocycles. The van der Waals surface area contributed by atoms with Crippen molar-refractivity contribution in [2.24, 2.45) is 0 Å². The van der Waals surface area contributed by atoms with E-state index in [-0.39, 0.29) is 10.7 Å². The average Bonchev–Trinajstić information content (AvgIpc) is 2.27. The largest absolute Gasteiger partial charge is 0.465 e. The topological polar surface area (TPSA) is 39.2 Å². The Morgan fingerprint density at radius 1 is 1.31 bits per heavy atom. The maximum Gasteiger partial charge on any atom is 0.341 e. The molecule has 0 saturated carbocycles. The molecule has 0 unspecified atom stereocenters. The van der Waals surface area contributed by atoms with Crippen molar-refractivity contribution in [2.45, 2.75) is 0 Å². The standard InChI is InChI=1S/C11H7Cl2NO2/c1-16-11(15)8-4-6-2-3-7(12)5-9(6)14-10(8)13/h2-5H,1H3. The Labute approximate surface area is 102 Å². The van der Waals surface area contributed by atoms with Gasteiger partial charge in [-0.1, -0.05) is 29.3 Å². The fourth-order valence-electron chi connectivity index (χ4n) is 1.37. The van der Waals surface area contributed by atoms with Gasteiger partial charge in [-0.2, -0.15) is 0 Å². The minimum Gasteiger partial charge on any atom is -0.465 e. The van der Waals surface area contributed by atoms with Crippen molar-refractivity contribution >= 4 is 40.1 Å². The molecule has 0 spiro atoms. The summed E-state index contributed by atoms with van der Waals surface area (Å²) in [6.07, 6.45) is 0. The van der Waals surface area contributed by atoms with Gasteiger partial charge in [0.25, 0.3) is 0 Å². The van der Waals surface area contributed by atoms with Crippen molar-refractivity contribution in [2.75, 3.05) is 7.11 Å². The highest BCUT2D eigenvalue weighted by atomic mass is 35.5. The van der Waals surface area contributed by atoms with Gasteiger partial charge in [-0.05, 0) is 18.2 Å². The molecule has 1 aromatic heterocycles.